The number of carbonyl (C=O) groups excluding carboxylic acids is 1. The van der Waals surface area contributed by atoms with Crippen molar-refractivity contribution in [2.75, 3.05) is 4.90 Å². The Kier molecular flexibility index (Phi) is 8.60. The van der Waals surface area contributed by atoms with Gasteiger partial charge in [0.25, 0.3) is 0 Å². The molecule has 0 aliphatic heterocycles. The summed E-state index contributed by atoms with van der Waals surface area (Å²) < 4.78 is 12.6. The highest BCUT2D eigenvalue weighted by Gasteiger charge is 2.46. The summed E-state index contributed by atoms with van der Waals surface area (Å²) in [6.07, 6.45) is 9.45. The van der Waals surface area contributed by atoms with Crippen LogP contribution in [0.3, 0.4) is 0 Å². The van der Waals surface area contributed by atoms with E-state index < -0.39 is 11.0 Å². The minimum absolute atomic E-state index is 0.0636. The van der Waals surface area contributed by atoms with Crippen molar-refractivity contribution in [2.24, 2.45) is 18.1 Å². The monoisotopic (exact) mass is 560 g/mol. The number of benzene rings is 3. The maximum atomic E-state index is 13.6. The van der Waals surface area contributed by atoms with Crippen molar-refractivity contribution >= 4 is 34.2 Å². The molecule has 6 rings (SSSR count). The first-order chi connectivity index (χ1) is 18.9. The number of fused-ring (bicyclic) bond motifs is 1. The van der Waals surface area contributed by atoms with E-state index in [0.717, 1.165) is 30.8 Å². The van der Waals surface area contributed by atoms with Crippen molar-refractivity contribution < 1.29 is 9.00 Å². The fraction of sp³-hybridized carbons (Fsp3) is 0.290. The number of carbonyl (C=O) groups is 1. The molecule has 1 aromatic heterocycles. The Morgan fingerprint density at radius 3 is 2.49 bits per heavy atom. The number of halogens is 1. The van der Waals surface area contributed by atoms with Crippen molar-refractivity contribution in [1.82, 2.24) is 9.55 Å². The molecule has 3 atom stereocenters. The highest BCUT2D eigenvalue weighted by Crippen LogP contribution is 2.49. The average Bonchev–Trinajstić information content (AvgIpc) is 3.66. The van der Waals surface area contributed by atoms with E-state index in [1.165, 1.54) is 29.5 Å². The molecule has 202 valence electrons. The lowest BCUT2D eigenvalue weighted by molar-refractivity contribution is -0.120. The van der Waals surface area contributed by atoms with Crippen molar-refractivity contribution in [1.29, 1.82) is 0 Å². The highest BCUT2D eigenvalue weighted by molar-refractivity contribution is 7.82. The quantitative estimate of drug-likeness (QED) is 0.316. The highest BCUT2D eigenvalue weighted by atomic mass is 35.5. The molecule has 0 bridgehead atoms. The second kappa shape index (κ2) is 12.3. The number of amides is 1. The van der Waals surface area contributed by atoms with Gasteiger partial charge in [-0.25, -0.2) is 14.3 Å². The summed E-state index contributed by atoms with van der Waals surface area (Å²) in [5, 5.41) is 5.65. The summed E-state index contributed by atoms with van der Waals surface area (Å²) in [5.41, 5.74) is 5.13. The van der Waals surface area contributed by atoms with Gasteiger partial charge >= 0.3 is 0 Å². The molecule has 3 unspecified atom stereocenters. The molecule has 8 heteroatoms. The van der Waals surface area contributed by atoms with Gasteiger partial charge in [-0.1, -0.05) is 54.1 Å². The number of nitrogens with two attached hydrogens (primary N) is 1. The van der Waals surface area contributed by atoms with Crippen LogP contribution in [-0.2, 0) is 42.2 Å². The molecule has 2 aliphatic rings. The summed E-state index contributed by atoms with van der Waals surface area (Å²) in [7, 11) is 0.564. The lowest BCUT2D eigenvalue weighted by atomic mass is 9.91. The van der Waals surface area contributed by atoms with Gasteiger partial charge in [-0.15, -0.1) is 0 Å². The van der Waals surface area contributed by atoms with E-state index >= 15 is 0 Å². The van der Waals surface area contributed by atoms with Gasteiger partial charge in [0.2, 0.25) is 5.91 Å². The average molecular weight is 561 g/mol. The Labute approximate surface area is 237 Å². The molecule has 1 fully saturated rings. The first-order valence-corrected chi connectivity index (χ1v) is 14.9. The Bertz CT molecular complexity index is 1470. The smallest absolute Gasteiger partial charge is 0.231 e. The molecule has 0 saturated heterocycles. The molecule has 2 aliphatic carbocycles. The molecular formula is C31H33ClN4O2S. The van der Waals surface area contributed by atoms with Crippen LogP contribution >= 0.6 is 11.6 Å². The van der Waals surface area contributed by atoms with Crippen LogP contribution < -0.4 is 10.0 Å². The number of anilines is 1. The summed E-state index contributed by atoms with van der Waals surface area (Å²) in [5.74, 6) is 1.53. The van der Waals surface area contributed by atoms with Gasteiger partial charge in [0.1, 0.15) is 16.8 Å². The van der Waals surface area contributed by atoms with Crippen molar-refractivity contribution in [3.05, 3.63) is 113 Å². The maximum absolute atomic E-state index is 13.6. The zero-order valence-corrected chi connectivity index (χ0v) is 23.6. The van der Waals surface area contributed by atoms with E-state index in [4.69, 9.17) is 16.7 Å². The third-order valence-electron chi connectivity index (χ3n) is 7.49. The maximum Gasteiger partial charge on any atom is 0.231 e. The Morgan fingerprint density at radius 1 is 1.05 bits per heavy atom. The van der Waals surface area contributed by atoms with Crippen LogP contribution in [0.2, 0.25) is 5.02 Å². The summed E-state index contributed by atoms with van der Waals surface area (Å²) >= 11 is 5.60. The second-order valence-corrected chi connectivity index (χ2v) is 11.7. The number of hydrogen-bond acceptors (Lipinski definition) is 3. The Balaban J connectivity index is 0.000000261. The van der Waals surface area contributed by atoms with E-state index in [-0.39, 0.29) is 11.8 Å². The first kappa shape index (κ1) is 27.3. The largest absolute Gasteiger partial charge is 0.337 e. The van der Waals surface area contributed by atoms with Crippen LogP contribution in [0.4, 0.5) is 5.69 Å². The van der Waals surface area contributed by atoms with Crippen LogP contribution in [0.5, 0.6) is 0 Å². The zero-order chi connectivity index (χ0) is 27.4. The number of nitrogens with zero attached hydrogens (tertiary/aromatic N) is 3. The molecule has 2 N–H and O–H groups in total. The van der Waals surface area contributed by atoms with Crippen molar-refractivity contribution in [3.8, 4) is 0 Å². The third kappa shape index (κ3) is 6.67. The Morgan fingerprint density at radius 2 is 1.82 bits per heavy atom. The van der Waals surface area contributed by atoms with Crippen LogP contribution in [0.1, 0.15) is 47.7 Å². The van der Waals surface area contributed by atoms with Gasteiger partial charge in [0, 0.05) is 36.1 Å². The molecule has 39 heavy (non-hydrogen) atoms. The molecule has 6 nitrogen and oxygen atoms in total. The fourth-order valence-electron chi connectivity index (χ4n) is 5.20. The Hall–Kier alpha value is -3.26. The van der Waals surface area contributed by atoms with E-state index in [1.54, 1.807) is 30.5 Å². The van der Waals surface area contributed by atoms with E-state index in [9.17, 15) is 9.00 Å². The van der Waals surface area contributed by atoms with Crippen LogP contribution in [0.15, 0.2) is 90.1 Å². The molecule has 1 heterocycles. The zero-order valence-electron chi connectivity index (χ0n) is 22.0. The predicted octanol–water partition coefficient (Wildman–Crippen LogP) is 5.96. The summed E-state index contributed by atoms with van der Waals surface area (Å²) in [6, 6.07) is 23.7. The predicted molar refractivity (Wildman–Crippen MR) is 157 cm³/mol. The fourth-order valence-corrected chi connectivity index (χ4v) is 5.91. The number of rotatable bonds is 6. The van der Waals surface area contributed by atoms with Gasteiger partial charge in [-0.2, -0.15) is 0 Å². The van der Waals surface area contributed by atoms with Gasteiger partial charge in [-0.05, 0) is 85.0 Å². The lowest BCUT2D eigenvalue weighted by Gasteiger charge is -2.25. The van der Waals surface area contributed by atoms with Crippen LogP contribution in [0.25, 0.3) is 0 Å². The van der Waals surface area contributed by atoms with E-state index in [1.807, 2.05) is 28.8 Å². The van der Waals surface area contributed by atoms with E-state index in [0.29, 0.717) is 22.4 Å². The molecular weight excluding hydrogens is 528 g/mol. The van der Waals surface area contributed by atoms with Gasteiger partial charge in [0.05, 0.1) is 11.4 Å². The minimum Gasteiger partial charge on any atom is -0.337 e. The SMILES string of the molecule is Cn1ccnc1CN(C(=O)C1CC1c1ccccc1)c1ccc2c(c1)CCCC2.NS(=O)c1cccc(Cl)c1. The number of aryl methyl sites for hydroxylation is 3. The normalized spacial score (nSPS) is 18.3. The van der Waals surface area contributed by atoms with Gasteiger partial charge in [0.15, 0.2) is 0 Å². The van der Waals surface area contributed by atoms with Crippen LogP contribution in [0, 0.1) is 5.92 Å². The molecule has 4 aromatic rings. The summed E-state index contributed by atoms with van der Waals surface area (Å²) in [4.78, 5) is 20.6. The van der Waals surface area contributed by atoms with Gasteiger partial charge in [-0.3, -0.25) is 4.79 Å². The molecule has 3 aromatic carbocycles. The first-order valence-electron chi connectivity index (χ1n) is 13.3. The van der Waals surface area contributed by atoms with Crippen LogP contribution in [-0.4, -0.2) is 19.7 Å². The molecule has 0 spiro atoms. The second-order valence-electron chi connectivity index (χ2n) is 10.2. The standard InChI is InChI=1S/C25H27N3O.C6H6ClNOS/c1-27-14-13-26-24(27)17-28(21-12-11-18-7-5-6-10-20(18)15-21)25(29)23-16-22(23)19-8-3-2-4-9-19;7-5-2-1-3-6(4-5)10(8)9/h2-4,8-9,11-15,22-23H,5-7,10,16-17H2,1H3;1-4H,8H2. The lowest BCUT2D eigenvalue weighted by Crippen LogP contribution is -2.33. The number of hydrogen-bond donors (Lipinski definition) is 1. The molecule has 1 saturated carbocycles. The summed E-state index contributed by atoms with van der Waals surface area (Å²) in [6.45, 7) is 0.513. The number of imidazole rings is 1. The third-order valence-corrected chi connectivity index (χ3v) is 8.45. The van der Waals surface area contributed by atoms with Crippen molar-refractivity contribution in [3.63, 3.8) is 0 Å². The van der Waals surface area contributed by atoms with Crippen molar-refractivity contribution in [2.45, 2.75) is 49.5 Å². The molecule has 0 radical (unpaired) electrons. The minimum atomic E-state index is -1.42. The topological polar surface area (TPSA) is 81.2 Å². The molecule has 1 amide bonds. The van der Waals surface area contributed by atoms with Gasteiger partial charge < -0.3 is 9.47 Å². The number of aromatic nitrogens is 2. The van der Waals surface area contributed by atoms with E-state index in [2.05, 4.69) is 47.4 Å².